The Kier molecular flexibility index (Phi) is 2.10. The molecule has 5 heteroatoms. The molecule has 1 radical (unpaired) electrons. The van der Waals surface area contributed by atoms with Crippen LogP contribution in [0.1, 0.15) is 0 Å². The zero-order valence-electron chi connectivity index (χ0n) is 6.71. The first-order chi connectivity index (χ1) is 6.40. The highest BCUT2D eigenvalue weighted by atomic mass is 16.5. The van der Waals surface area contributed by atoms with E-state index in [4.69, 9.17) is 9.68 Å². The molecule has 0 bridgehead atoms. The fraction of sp³-hybridized carbons (Fsp3) is 0. The summed E-state index contributed by atoms with van der Waals surface area (Å²) in [5.41, 5.74) is 1.54. The summed E-state index contributed by atoms with van der Waals surface area (Å²) in [5.74, 6) is 0.538. The molecule has 63 valence electrons. The molecule has 0 fully saturated rings. The molecule has 2 rings (SSSR count). The van der Waals surface area contributed by atoms with Gasteiger partial charge in [0, 0.05) is 18.5 Å². The van der Waals surface area contributed by atoms with Crippen molar-refractivity contribution < 1.29 is 9.68 Å². The molecule has 0 unspecified atom stereocenters. The van der Waals surface area contributed by atoms with Gasteiger partial charge in [-0.25, -0.2) is 0 Å². The molecule has 4 nitrogen and oxygen atoms in total. The predicted octanol–water partition coefficient (Wildman–Crippen LogP) is 0.535. The van der Waals surface area contributed by atoms with Crippen molar-refractivity contribution in [2.75, 3.05) is 0 Å². The Morgan fingerprint density at radius 3 is 2.69 bits per heavy atom. The minimum absolute atomic E-state index is 0.538. The van der Waals surface area contributed by atoms with E-state index < -0.39 is 0 Å². The molecule has 1 heterocycles. The highest BCUT2D eigenvalue weighted by Gasteiger charge is 1.98. The summed E-state index contributed by atoms with van der Waals surface area (Å²) in [5, 5.41) is 8.41. The summed E-state index contributed by atoms with van der Waals surface area (Å²) >= 11 is 0. The molecule has 0 aliphatic heterocycles. The van der Waals surface area contributed by atoms with E-state index in [-0.39, 0.29) is 0 Å². The molecule has 0 amide bonds. The van der Waals surface area contributed by atoms with Gasteiger partial charge >= 0.3 is 7.69 Å². The second-order valence-electron chi connectivity index (χ2n) is 2.43. The average Bonchev–Trinajstić information content (AvgIpc) is 2.18. The van der Waals surface area contributed by atoms with Crippen LogP contribution in [0.3, 0.4) is 0 Å². The minimum Gasteiger partial charge on any atom is -0.537 e. The van der Waals surface area contributed by atoms with E-state index >= 15 is 0 Å². The van der Waals surface area contributed by atoms with Gasteiger partial charge < -0.3 is 9.68 Å². The fourth-order valence-corrected chi connectivity index (χ4v) is 1.08. The van der Waals surface area contributed by atoms with Gasteiger partial charge in [0.1, 0.15) is 5.75 Å². The lowest BCUT2D eigenvalue weighted by Gasteiger charge is -2.01. The molecule has 1 N–H and O–H groups in total. The lowest BCUT2D eigenvalue weighted by molar-refractivity contribution is 0.454. The topological polar surface area (TPSA) is 55.2 Å². The van der Waals surface area contributed by atoms with E-state index in [9.17, 15) is 0 Å². The van der Waals surface area contributed by atoms with Crippen LogP contribution in [-0.4, -0.2) is 22.7 Å². The molecule has 0 aliphatic carbocycles. The summed E-state index contributed by atoms with van der Waals surface area (Å²) in [6.07, 6.45) is 3.23. The number of aromatic nitrogens is 2. The molecule has 2 aromatic rings. The molecular formula is C8H6BN2O2. The first-order valence-corrected chi connectivity index (χ1v) is 3.73. The van der Waals surface area contributed by atoms with Crippen LogP contribution in [0.25, 0.3) is 11.0 Å². The van der Waals surface area contributed by atoms with Gasteiger partial charge in [-0.1, -0.05) is 0 Å². The third-order valence-corrected chi connectivity index (χ3v) is 1.63. The quantitative estimate of drug-likeness (QED) is 0.673. The standard InChI is InChI=1S/C8H6BN2O2/c12-9-13-6-1-2-7-8(5-6)11-4-3-10-7/h1-5,12H. The van der Waals surface area contributed by atoms with Crippen molar-refractivity contribution in [2.45, 2.75) is 0 Å². The Balaban J connectivity index is 2.49. The van der Waals surface area contributed by atoms with Crippen LogP contribution in [0.4, 0.5) is 0 Å². The van der Waals surface area contributed by atoms with E-state index in [1.807, 2.05) is 0 Å². The highest BCUT2D eigenvalue weighted by Crippen LogP contribution is 2.16. The number of nitrogens with zero attached hydrogens (tertiary/aromatic N) is 2. The van der Waals surface area contributed by atoms with Crippen molar-refractivity contribution in [3.05, 3.63) is 30.6 Å². The van der Waals surface area contributed by atoms with E-state index in [0.717, 1.165) is 11.0 Å². The molecule has 13 heavy (non-hydrogen) atoms. The van der Waals surface area contributed by atoms with E-state index in [1.165, 1.54) is 0 Å². The maximum atomic E-state index is 8.41. The molecule has 0 atom stereocenters. The Labute approximate surface area is 75.5 Å². The van der Waals surface area contributed by atoms with Crippen LogP contribution in [0, 0.1) is 0 Å². The maximum Gasteiger partial charge on any atom is 0.569 e. The monoisotopic (exact) mass is 173 g/mol. The van der Waals surface area contributed by atoms with Crippen LogP contribution in [0.5, 0.6) is 5.75 Å². The number of hydrogen-bond donors (Lipinski definition) is 1. The zero-order valence-corrected chi connectivity index (χ0v) is 6.71. The molecule has 0 aliphatic rings. The van der Waals surface area contributed by atoms with E-state index in [2.05, 4.69) is 9.97 Å². The van der Waals surface area contributed by atoms with Crippen molar-refractivity contribution in [3.63, 3.8) is 0 Å². The van der Waals surface area contributed by atoms with Gasteiger partial charge in [0.2, 0.25) is 0 Å². The number of fused-ring (bicyclic) bond motifs is 1. The van der Waals surface area contributed by atoms with Gasteiger partial charge in [-0.2, -0.15) is 0 Å². The molecule has 1 aromatic heterocycles. The van der Waals surface area contributed by atoms with Crippen LogP contribution in [0.2, 0.25) is 0 Å². The molecule has 0 spiro atoms. The van der Waals surface area contributed by atoms with Crippen LogP contribution in [-0.2, 0) is 0 Å². The first-order valence-electron chi connectivity index (χ1n) is 3.73. The van der Waals surface area contributed by atoms with E-state index in [1.54, 1.807) is 30.6 Å². The SMILES string of the molecule is O[B]Oc1ccc2nccnc2c1. The first kappa shape index (κ1) is 8.00. The molecule has 0 saturated heterocycles. The van der Waals surface area contributed by atoms with Crippen LogP contribution in [0.15, 0.2) is 30.6 Å². The number of rotatable bonds is 2. The van der Waals surface area contributed by atoms with Gasteiger partial charge in [-0.15, -0.1) is 0 Å². The molecular weight excluding hydrogens is 167 g/mol. The fourth-order valence-electron chi connectivity index (χ4n) is 1.08. The Morgan fingerprint density at radius 2 is 1.92 bits per heavy atom. The lowest BCUT2D eigenvalue weighted by Crippen LogP contribution is -1.99. The third-order valence-electron chi connectivity index (χ3n) is 1.63. The summed E-state index contributed by atoms with van der Waals surface area (Å²) < 4.78 is 4.78. The van der Waals surface area contributed by atoms with Gasteiger partial charge in [-0.3, -0.25) is 9.97 Å². The third kappa shape index (κ3) is 1.60. The minimum atomic E-state index is 0.538. The summed E-state index contributed by atoms with van der Waals surface area (Å²) in [4.78, 5) is 8.18. The smallest absolute Gasteiger partial charge is 0.537 e. The number of hydrogen-bond acceptors (Lipinski definition) is 4. The van der Waals surface area contributed by atoms with E-state index in [0.29, 0.717) is 13.4 Å². The van der Waals surface area contributed by atoms with Gasteiger partial charge in [0.15, 0.2) is 0 Å². The van der Waals surface area contributed by atoms with Crippen LogP contribution < -0.4 is 4.65 Å². The summed E-state index contributed by atoms with van der Waals surface area (Å²) in [6.45, 7) is 0. The molecule has 0 saturated carbocycles. The van der Waals surface area contributed by atoms with Crippen molar-refractivity contribution in [3.8, 4) is 5.75 Å². The highest BCUT2D eigenvalue weighted by molar-refractivity contribution is 6.17. The summed E-state index contributed by atoms with van der Waals surface area (Å²) in [6, 6.07) is 5.19. The summed E-state index contributed by atoms with van der Waals surface area (Å²) in [7, 11) is 0.636. The van der Waals surface area contributed by atoms with Crippen molar-refractivity contribution in [1.29, 1.82) is 0 Å². The predicted molar refractivity (Wildman–Crippen MR) is 48.1 cm³/mol. The largest absolute Gasteiger partial charge is 0.569 e. The van der Waals surface area contributed by atoms with Gasteiger partial charge in [0.05, 0.1) is 11.0 Å². The Morgan fingerprint density at radius 1 is 1.15 bits per heavy atom. The Bertz CT molecular complexity index is 422. The zero-order chi connectivity index (χ0) is 9.10. The normalized spacial score (nSPS) is 9.92. The second kappa shape index (κ2) is 3.41. The maximum absolute atomic E-state index is 8.41. The second-order valence-corrected chi connectivity index (χ2v) is 2.43. The average molecular weight is 173 g/mol. The van der Waals surface area contributed by atoms with Crippen LogP contribution >= 0.6 is 0 Å². The van der Waals surface area contributed by atoms with Crippen molar-refractivity contribution >= 4 is 18.7 Å². The number of benzene rings is 1. The van der Waals surface area contributed by atoms with Gasteiger partial charge in [0.25, 0.3) is 0 Å². The Hall–Kier alpha value is -1.62. The van der Waals surface area contributed by atoms with Crippen molar-refractivity contribution in [1.82, 2.24) is 9.97 Å². The van der Waals surface area contributed by atoms with Crippen molar-refractivity contribution in [2.24, 2.45) is 0 Å². The molecule has 1 aromatic carbocycles. The lowest BCUT2D eigenvalue weighted by atomic mass is 10.2. The van der Waals surface area contributed by atoms with Gasteiger partial charge in [-0.05, 0) is 12.1 Å².